The molecule has 0 radical (unpaired) electrons. The first kappa shape index (κ1) is 11.5. The van der Waals surface area contributed by atoms with Crippen LogP contribution < -0.4 is 0 Å². The maximum absolute atomic E-state index is 4.59. The molecule has 0 aliphatic rings. The molecule has 0 bridgehead atoms. The summed E-state index contributed by atoms with van der Waals surface area (Å²) in [6.07, 6.45) is 3.26. The van der Waals surface area contributed by atoms with Crippen molar-refractivity contribution in [2.45, 2.75) is 0 Å². The highest BCUT2D eigenvalue weighted by Crippen LogP contribution is 2.28. The maximum atomic E-state index is 4.59. The summed E-state index contributed by atoms with van der Waals surface area (Å²) in [4.78, 5) is 12.7. The minimum atomic E-state index is 0.860. The smallest absolute Gasteiger partial charge is 0.142 e. The van der Waals surface area contributed by atoms with Gasteiger partial charge in [0.1, 0.15) is 17.0 Å². The van der Waals surface area contributed by atoms with Crippen molar-refractivity contribution in [2.24, 2.45) is 0 Å². The van der Waals surface area contributed by atoms with Crippen molar-refractivity contribution in [3.63, 3.8) is 0 Å². The van der Waals surface area contributed by atoms with Crippen molar-refractivity contribution < 1.29 is 0 Å². The molecule has 0 atom stereocenters. The van der Waals surface area contributed by atoms with Crippen LogP contribution in [0.15, 0.2) is 52.7 Å². The second-order valence-corrected chi connectivity index (χ2v) is 5.41. The Morgan fingerprint density at radius 2 is 1.83 bits per heavy atom. The summed E-state index contributed by atoms with van der Waals surface area (Å²) in [6.45, 7) is 0. The van der Waals surface area contributed by atoms with Crippen LogP contribution in [0.2, 0.25) is 0 Å². The second-order valence-electron chi connectivity index (χ2n) is 3.64. The molecule has 0 unspecified atom stereocenters. The third-order valence-corrected chi connectivity index (χ3v) is 3.84. The van der Waals surface area contributed by atoms with E-state index in [0.717, 1.165) is 26.4 Å². The molecule has 3 aromatic rings. The first-order valence-corrected chi connectivity index (χ1v) is 6.98. The molecule has 3 nitrogen and oxygen atoms in total. The van der Waals surface area contributed by atoms with Crippen molar-refractivity contribution in [2.75, 3.05) is 0 Å². The standard InChI is InChI=1S/C13H8BrN3S/c14-10-3-1-9(2-4-10)12-7-18-13(17-12)11-5-6-15-8-16-11/h1-8H. The van der Waals surface area contributed by atoms with Crippen LogP contribution in [0.1, 0.15) is 0 Å². The van der Waals surface area contributed by atoms with Crippen molar-refractivity contribution in [3.8, 4) is 22.0 Å². The molecular formula is C13H8BrN3S. The minimum absolute atomic E-state index is 0.860. The molecule has 1 aromatic carbocycles. The molecule has 5 heteroatoms. The Morgan fingerprint density at radius 1 is 1.00 bits per heavy atom. The highest BCUT2D eigenvalue weighted by molar-refractivity contribution is 9.10. The van der Waals surface area contributed by atoms with Gasteiger partial charge >= 0.3 is 0 Å². The van der Waals surface area contributed by atoms with Gasteiger partial charge in [0.2, 0.25) is 0 Å². The lowest BCUT2D eigenvalue weighted by Crippen LogP contribution is -1.83. The van der Waals surface area contributed by atoms with Gasteiger partial charge in [0.05, 0.1) is 5.69 Å². The summed E-state index contributed by atoms with van der Waals surface area (Å²) >= 11 is 5.01. The summed E-state index contributed by atoms with van der Waals surface area (Å²) in [5.41, 5.74) is 2.94. The van der Waals surface area contributed by atoms with Crippen molar-refractivity contribution in [1.82, 2.24) is 15.0 Å². The van der Waals surface area contributed by atoms with E-state index in [1.165, 1.54) is 6.33 Å². The van der Waals surface area contributed by atoms with Crippen LogP contribution in [-0.4, -0.2) is 15.0 Å². The fourth-order valence-electron chi connectivity index (χ4n) is 1.56. The Hall–Kier alpha value is -1.59. The molecule has 0 aliphatic heterocycles. The predicted molar refractivity (Wildman–Crippen MR) is 76.3 cm³/mol. The van der Waals surface area contributed by atoms with E-state index >= 15 is 0 Å². The van der Waals surface area contributed by atoms with Gasteiger partial charge in [0, 0.05) is 21.6 Å². The molecule has 3 rings (SSSR count). The first-order valence-electron chi connectivity index (χ1n) is 5.31. The number of benzene rings is 1. The maximum Gasteiger partial charge on any atom is 0.142 e. The van der Waals surface area contributed by atoms with E-state index in [0.29, 0.717) is 0 Å². The molecule has 0 saturated carbocycles. The van der Waals surface area contributed by atoms with E-state index in [4.69, 9.17) is 0 Å². The number of hydrogen-bond donors (Lipinski definition) is 0. The Labute approximate surface area is 117 Å². The summed E-state index contributed by atoms with van der Waals surface area (Å²) < 4.78 is 1.07. The van der Waals surface area contributed by atoms with Crippen LogP contribution in [0.25, 0.3) is 22.0 Å². The molecule has 0 amide bonds. The molecule has 0 fully saturated rings. The first-order chi connectivity index (χ1) is 8.83. The van der Waals surface area contributed by atoms with Crippen LogP contribution in [-0.2, 0) is 0 Å². The monoisotopic (exact) mass is 317 g/mol. The van der Waals surface area contributed by atoms with E-state index in [1.807, 2.05) is 35.7 Å². The van der Waals surface area contributed by atoms with E-state index in [-0.39, 0.29) is 0 Å². The largest absolute Gasteiger partial charge is 0.245 e. The highest BCUT2D eigenvalue weighted by atomic mass is 79.9. The number of hydrogen-bond acceptors (Lipinski definition) is 4. The average molecular weight is 318 g/mol. The van der Waals surface area contributed by atoms with Gasteiger partial charge in [-0.05, 0) is 18.2 Å². The van der Waals surface area contributed by atoms with Crippen molar-refractivity contribution in [1.29, 1.82) is 0 Å². The molecule has 0 N–H and O–H groups in total. The summed E-state index contributed by atoms with van der Waals surface area (Å²) in [6, 6.07) is 9.98. The Morgan fingerprint density at radius 3 is 2.56 bits per heavy atom. The molecule has 2 heterocycles. The number of aromatic nitrogens is 3. The number of halogens is 1. The van der Waals surface area contributed by atoms with E-state index < -0.39 is 0 Å². The lowest BCUT2D eigenvalue weighted by Gasteiger charge is -1.96. The molecule has 18 heavy (non-hydrogen) atoms. The van der Waals surface area contributed by atoms with E-state index in [2.05, 4.69) is 30.9 Å². The predicted octanol–water partition coefficient (Wildman–Crippen LogP) is 4.03. The number of rotatable bonds is 2. The van der Waals surface area contributed by atoms with Gasteiger partial charge in [-0.25, -0.2) is 15.0 Å². The van der Waals surface area contributed by atoms with Crippen molar-refractivity contribution >= 4 is 27.3 Å². The Bertz CT molecular complexity index is 650. The molecule has 88 valence electrons. The molecule has 0 spiro atoms. The average Bonchev–Trinajstić information content (AvgIpc) is 2.90. The van der Waals surface area contributed by atoms with Gasteiger partial charge < -0.3 is 0 Å². The van der Waals surface area contributed by atoms with E-state index in [9.17, 15) is 0 Å². The molecular weight excluding hydrogens is 310 g/mol. The zero-order valence-corrected chi connectivity index (χ0v) is 11.6. The topological polar surface area (TPSA) is 38.7 Å². The zero-order chi connectivity index (χ0) is 12.4. The fourth-order valence-corrected chi connectivity index (χ4v) is 2.63. The Balaban J connectivity index is 1.97. The SMILES string of the molecule is Brc1ccc(-c2csc(-c3ccncn3)n2)cc1. The van der Waals surface area contributed by atoms with Crippen LogP contribution in [0.3, 0.4) is 0 Å². The van der Waals surface area contributed by atoms with E-state index in [1.54, 1.807) is 17.5 Å². The summed E-state index contributed by atoms with van der Waals surface area (Å²) in [7, 11) is 0. The second kappa shape index (κ2) is 4.96. The van der Waals surface area contributed by atoms with Crippen LogP contribution in [0.5, 0.6) is 0 Å². The molecule has 2 aromatic heterocycles. The van der Waals surface area contributed by atoms with Gasteiger partial charge in [-0.2, -0.15) is 0 Å². The quantitative estimate of drug-likeness (QED) is 0.716. The van der Waals surface area contributed by atoms with Gasteiger partial charge in [0.15, 0.2) is 0 Å². The third kappa shape index (κ3) is 2.32. The number of nitrogens with zero attached hydrogens (tertiary/aromatic N) is 3. The normalized spacial score (nSPS) is 10.5. The van der Waals surface area contributed by atoms with Gasteiger partial charge in [-0.1, -0.05) is 28.1 Å². The lowest BCUT2D eigenvalue weighted by atomic mass is 10.2. The van der Waals surface area contributed by atoms with Gasteiger partial charge in [0.25, 0.3) is 0 Å². The Kier molecular flexibility index (Phi) is 3.17. The summed E-state index contributed by atoms with van der Waals surface area (Å²) in [5.74, 6) is 0. The summed E-state index contributed by atoms with van der Waals surface area (Å²) in [5, 5.41) is 2.95. The van der Waals surface area contributed by atoms with Gasteiger partial charge in [-0.15, -0.1) is 11.3 Å². The molecule has 0 aliphatic carbocycles. The highest BCUT2D eigenvalue weighted by Gasteiger charge is 2.07. The number of thiazole rings is 1. The van der Waals surface area contributed by atoms with Crippen molar-refractivity contribution in [3.05, 3.63) is 52.7 Å². The van der Waals surface area contributed by atoms with Crippen LogP contribution in [0, 0.1) is 0 Å². The minimum Gasteiger partial charge on any atom is -0.245 e. The fraction of sp³-hybridized carbons (Fsp3) is 0. The lowest BCUT2D eigenvalue weighted by molar-refractivity contribution is 1.16. The van der Waals surface area contributed by atoms with Crippen LogP contribution >= 0.6 is 27.3 Å². The van der Waals surface area contributed by atoms with Crippen LogP contribution in [0.4, 0.5) is 0 Å². The zero-order valence-electron chi connectivity index (χ0n) is 9.25. The molecule has 0 saturated heterocycles. The third-order valence-electron chi connectivity index (χ3n) is 2.45. The van der Waals surface area contributed by atoms with Gasteiger partial charge in [-0.3, -0.25) is 0 Å².